The van der Waals surface area contributed by atoms with Gasteiger partial charge in [-0.05, 0) is 62.4 Å². The molecule has 3 aromatic heterocycles. The van der Waals surface area contributed by atoms with E-state index in [4.69, 9.17) is 5.73 Å². The molecule has 0 spiro atoms. The molecule has 1 amide bonds. The molecular weight excluding hydrogens is 444 g/mol. The molecule has 5 rings (SSSR count). The molecule has 0 unspecified atom stereocenters. The summed E-state index contributed by atoms with van der Waals surface area (Å²) in [5.74, 6) is -0.143. The van der Waals surface area contributed by atoms with E-state index in [1.165, 1.54) is 47.4 Å². The van der Waals surface area contributed by atoms with Crippen LogP contribution in [0.4, 0.5) is 11.4 Å². The zero-order valence-corrected chi connectivity index (χ0v) is 20.5. The Balaban J connectivity index is 1.32. The molecule has 4 aromatic rings. The first-order valence-corrected chi connectivity index (χ1v) is 12.6. The number of pyridine rings is 1. The van der Waals surface area contributed by atoms with Crippen LogP contribution in [-0.4, -0.2) is 40.3 Å². The number of thiophene rings is 1. The number of aryl methyl sites for hydroxylation is 2. The molecule has 7 nitrogen and oxygen atoms in total. The van der Waals surface area contributed by atoms with E-state index in [0.717, 1.165) is 41.0 Å². The number of benzene rings is 1. The van der Waals surface area contributed by atoms with E-state index < -0.39 is 0 Å². The normalized spacial score (nSPS) is 14.0. The summed E-state index contributed by atoms with van der Waals surface area (Å²) >= 11 is 1.35. The molecule has 34 heavy (non-hydrogen) atoms. The van der Waals surface area contributed by atoms with Crippen molar-refractivity contribution >= 4 is 38.8 Å². The van der Waals surface area contributed by atoms with Gasteiger partial charge < -0.3 is 16.0 Å². The van der Waals surface area contributed by atoms with Gasteiger partial charge in [0.15, 0.2) is 0 Å². The van der Waals surface area contributed by atoms with Gasteiger partial charge in [0.1, 0.15) is 9.71 Å². The maximum Gasteiger partial charge on any atom is 0.263 e. The SMILES string of the molecule is Cc1ccc2c(N)c(C(=O)NCCc3ccc(N4CCCCC4)c(-c4cnn(C)c4)c3)sc2n1. The van der Waals surface area contributed by atoms with Crippen LogP contribution in [-0.2, 0) is 13.5 Å². The average Bonchev–Trinajstić information content (AvgIpc) is 3.42. The summed E-state index contributed by atoms with van der Waals surface area (Å²) in [5.41, 5.74) is 12.4. The molecule has 1 fully saturated rings. The minimum Gasteiger partial charge on any atom is -0.397 e. The number of fused-ring (bicyclic) bond motifs is 1. The van der Waals surface area contributed by atoms with Crippen molar-refractivity contribution < 1.29 is 4.79 Å². The Morgan fingerprint density at radius 2 is 2.00 bits per heavy atom. The van der Waals surface area contributed by atoms with Crippen LogP contribution in [0.5, 0.6) is 0 Å². The molecule has 8 heteroatoms. The molecule has 4 heterocycles. The second kappa shape index (κ2) is 9.46. The number of aromatic nitrogens is 3. The van der Waals surface area contributed by atoms with Crippen molar-refractivity contribution in [3.63, 3.8) is 0 Å². The van der Waals surface area contributed by atoms with Crippen molar-refractivity contribution in [1.29, 1.82) is 0 Å². The Kier molecular flexibility index (Phi) is 6.24. The number of carbonyl (C=O) groups excluding carboxylic acids is 1. The maximum absolute atomic E-state index is 12.8. The van der Waals surface area contributed by atoms with Gasteiger partial charge >= 0.3 is 0 Å². The van der Waals surface area contributed by atoms with Crippen molar-refractivity contribution in [2.75, 3.05) is 30.3 Å². The minimum absolute atomic E-state index is 0.143. The van der Waals surface area contributed by atoms with Crippen LogP contribution < -0.4 is 16.0 Å². The van der Waals surface area contributed by atoms with Crippen molar-refractivity contribution in [2.45, 2.75) is 32.6 Å². The number of hydrogen-bond acceptors (Lipinski definition) is 6. The molecule has 0 aliphatic carbocycles. The minimum atomic E-state index is -0.143. The van der Waals surface area contributed by atoms with Gasteiger partial charge in [-0.1, -0.05) is 6.07 Å². The van der Waals surface area contributed by atoms with E-state index in [0.29, 0.717) is 17.1 Å². The summed E-state index contributed by atoms with van der Waals surface area (Å²) in [6.45, 7) is 4.65. The molecule has 1 aromatic carbocycles. The Morgan fingerprint density at radius 3 is 2.76 bits per heavy atom. The maximum atomic E-state index is 12.8. The largest absolute Gasteiger partial charge is 0.397 e. The highest BCUT2D eigenvalue weighted by atomic mass is 32.1. The lowest BCUT2D eigenvalue weighted by atomic mass is 9.99. The first-order valence-electron chi connectivity index (χ1n) is 11.8. The molecule has 176 valence electrons. The number of piperidine rings is 1. The fourth-order valence-electron chi connectivity index (χ4n) is 4.60. The average molecular weight is 475 g/mol. The third kappa shape index (κ3) is 4.50. The van der Waals surface area contributed by atoms with Gasteiger partial charge in [-0.25, -0.2) is 4.98 Å². The van der Waals surface area contributed by atoms with E-state index in [1.807, 2.05) is 37.0 Å². The molecule has 0 bridgehead atoms. The van der Waals surface area contributed by atoms with Gasteiger partial charge in [-0.2, -0.15) is 5.10 Å². The summed E-state index contributed by atoms with van der Waals surface area (Å²) in [7, 11) is 1.94. The number of hydrogen-bond donors (Lipinski definition) is 2. The summed E-state index contributed by atoms with van der Waals surface area (Å²) in [5, 5.41) is 8.27. The predicted octanol–water partition coefficient (Wildman–Crippen LogP) is 4.55. The summed E-state index contributed by atoms with van der Waals surface area (Å²) in [4.78, 5) is 21.2. The zero-order chi connectivity index (χ0) is 23.7. The van der Waals surface area contributed by atoms with Gasteiger partial charge in [0, 0.05) is 60.8 Å². The topological polar surface area (TPSA) is 89.1 Å². The Bertz CT molecular complexity index is 1330. The van der Waals surface area contributed by atoms with Gasteiger partial charge in [0.2, 0.25) is 0 Å². The highest BCUT2D eigenvalue weighted by molar-refractivity contribution is 7.21. The van der Waals surface area contributed by atoms with Crippen molar-refractivity contribution in [3.05, 3.63) is 58.9 Å². The van der Waals surface area contributed by atoms with Gasteiger partial charge in [-0.15, -0.1) is 11.3 Å². The number of amides is 1. The van der Waals surface area contributed by atoms with Gasteiger partial charge in [0.25, 0.3) is 5.91 Å². The number of nitrogens with one attached hydrogen (secondary N) is 1. The first kappa shape index (κ1) is 22.4. The Labute approximate surface area is 203 Å². The third-order valence-corrected chi connectivity index (χ3v) is 7.53. The summed E-state index contributed by atoms with van der Waals surface area (Å²) < 4.78 is 1.84. The predicted molar refractivity (Wildman–Crippen MR) is 140 cm³/mol. The Morgan fingerprint density at radius 1 is 1.18 bits per heavy atom. The smallest absolute Gasteiger partial charge is 0.263 e. The molecule has 1 aliphatic heterocycles. The zero-order valence-electron chi connectivity index (χ0n) is 19.7. The van der Waals surface area contributed by atoms with Crippen LogP contribution in [0, 0.1) is 6.92 Å². The van der Waals surface area contributed by atoms with Gasteiger partial charge in [-0.3, -0.25) is 9.48 Å². The molecule has 1 saturated heterocycles. The number of nitrogen functional groups attached to an aromatic ring is 1. The Hall–Kier alpha value is -3.39. The third-order valence-electron chi connectivity index (χ3n) is 6.41. The van der Waals surface area contributed by atoms with E-state index in [9.17, 15) is 4.79 Å². The number of rotatable bonds is 6. The van der Waals surface area contributed by atoms with E-state index >= 15 is 0 Å². The fraction of sp³-hybridized carbons (Fsp3) is 0.346. The number of nitrogens with zero attached hydrogens (tertiary/aromatic N) is 4. The number of anilines is 2. The second-order valence-corrected chi connectivity index (χ2v) is 9.96. The van der Waals surface area contributed by atoms with Crippen LogP contribution in [0.3, 0.4) is 0 Å². The van der Waals surface area contributed by atoms with Crippen LogP contribution in [0.1, 0.15) is 40.2 Å². The molecule has 3 N–H and O–H groups in total. The van der Waals surface area contributed by atoms with Crippen LogP contribution >= 0.6 is 11.3 Å². The first-order chi connectivity index (χ1) is 16.5. The monoisotopic (exact) mass is 474 g/mol. The van der Waals surface area contributed by atoms with E-state index in [-0.39, 0.29) is 5.91 Å². The highest BCUT2D eigenvalue weighted by Gasteiger charge is 2.19. The molecule has 1 aliphatic rings. The number of nitrogens with two attached hydrogens (primary N) is 1. The van der Waals surface area contributed by atoms with Crippen molar-refractivity contribution in [2.24, 2.45) is 7.05 Å². The number of carbonyl (C=O) groups is 1. The molecule has 0 atom stereocenters. The second-order valence-electron chi connectivity index (χ2n) is 8.96. The standard InChI is InChI=1S/C26H30N6OS/c1-17-6-8-20-23(27)24(34-26(20)30-17)25(33)28-11-10-18-7-9-22(32-12-4-3-5-13-32)21(14-18)19-15-29-31(2)16-19/h6-9,14-16H,3-5,10-13,27H2,1-2H3,(H,28,33). The summed E-state index contributed by atoms with van der Waals surface area (Å²) in [6.07, 6.45) is 8.49. The lowest BCUT2D eigenvalue weighted by Gasteiger charge is -2.30. The van der Waals surface area contributed by atoms with Crippen molar-refractivity contribution in [1.82, 2.24) is 20.1 Å². The fourth-order valence-corrected chi connectivity index (χ4v) is 5.66. The van der Waals surface area contributed by atoms with Gasteiger partial charge in [0.05, 0.1) is 11.9 Å². The highest BCUT2D eigenvalue weighted by Crippen LogP contribution is 2.34. The van der Waals surface area contributed by atoms with E-state index in [2.05, 4.69) is 44.7 Å². The quantitative estimate of drug-likeness (QED) is 0.428. The molecule has 0 radical (unpaired) electrons. The lowest BCUT2D eigenvalue weighted by Crippen LogP contribution is -2.30. The van der Waals surface area contributed by atoms with Crippen molar-refractivity contribution in [3.8, 4) is 11.1 Å². The summed E-state index contributed by atoms with van der Waals surface area (Å²) in [6, 6.07) is 10.5. The van der Waals surface area contributed by atoms with Crippen LogP contribution in [0.2, 0.25) is 0 Å². The van der Waals surface area contributed by atoms with Crippen LogP contribution in [0.25, 0.3) is 21.3 Å². The molecule has 0 saturated carbocycles. The molecular formula is C26H30N6OS. The lowest BCUT2D eigenvalue weighted by molar-refractivity contribution is 0.0959. The van der Waals surface area contributed by atoms with Crippen LogP contribution in [0.15, 0.2) is 42.7 Å². The van der Waals surface area contributed by atoms with E-state index in [1.54, 1.807) is 0 Å².